The van der Waals surface area contributed by atoms with Crippen molar-refractivity contribution in [2.45, 2.75) is 52.2 Å². The largest absolute Gasteiger partial charge is 0.494 e. The summed E-state index contributed by atoms with van der Waals surface area (Å²) < 4.78 is 22.9. The quantitative estimate of drug-likeness (QED) is 0.445. The number of halogens is 1. The van der Waals surface area contributed by atoms with Gasteiger partial charge in [-0.25, -0.2) is 14.4 Å². The van der Waals surface area contributed by atoms with Crippen LogP contribution in [0.4, 0.5) is 16.0 Å². The fraction of sp³-hybridized carbons (Fsp3) is 0.500. The molecule has 1 fully saturated rings. The van der Waals surface area contributed by atoms with Gasteiger partial charge in [-0.1, -0.05) is 6.92 Å². The second kappa shape index (κ2) is 8.63. The Morgan fingerprint density at radius 1 is 1.23 bits per heavy atom. The van der Waals surface area contributed by atoms with Gasteiger partial charge in [-0.15, -0.1) is 5.10 Å². The molecule has 1 saturated heterocycles. The molecular weight excluding hydrogens is 451 g/mol. The van der Waals surface area contributed by atoms with Gasteiger partial charge in [-0.3, -0.25) is 4.68 Å². The molecule has 0 unspecified atom stereocenters. The first-order valence-corrected chi connectivity index (χ1v) is 11.8. The molecule has 3 N–H and O–H groups in total. The molecule has 5 rings (SSSR count). The molecule has 1 aromatic carbocycles. The van der Waals surface area contributed by atoms with Gasteiger partial charge in [0.25, 0.3) is 0 Å². The van der Waals surface area contributed by atoms with E-state index in [1.165, 1.54) is 23.8 Å². The topological polar surface area (TPSA) is 120 Å². The van der Waals surface area contributed by atoms with Crippen molar-refractivity contribution in [2.75, 3.05) is 30.8 Å². The minimum Gasteiger partial charge on any atom is -0.494 e. The molecule has 0 radical (unpaired) electrons. The van der Waals surface area contributed by atoms with Crippen LogP contribution >= 0.6 is 0 Å². The van der Waals surface area contributed by atoms with Crippen LogP contribution in [0.5, 0.6) is 5.75 Å². The second-order valence-corrected chi connectivity index (χ2v) is 9.66. The fourth-order valence-corrected chi connectivity index (χ4v) is 5.09. The number of piperidine rings is 1. The van der Waals surface area contributed by atoms with Crippen molar-refractivity contribution >= 4 is 28.2 Å². The van der Waals surface area contributed by atoms with E-state index in [-0.39, 0.29) is 17.9 Å². The van der Waals surface area contributed by atoms with Crippen molar-refractivity contribution in [3.05, 3.63) is 35.7 Å². The number of benzene rings is 1. The lowest BCUT2D eigenvalue weighted by atomic mass is 9.89. The van der Waals surface area contributed by atoms with Crippen molar-refractivity contribution < 1.29 is 14.2 Å². The number of anilines is 2. The second-order valence-electron chi connectivity index (χ2n) is 9.66. The molecule has 0 spiro atoms. The molecule has 4 atom stereocenters. The number of methoxy groups -OCH3 is 1. The maximum atomic E-state index is 14.3. The van der Waals surface area contributed by atoms with Gasteiger partial charge in [-0.05, 0) is 39.2 Å². The van der Waals surface area contributed by atoms with Crippen molar-refractivity contribution in [3.63, 3.8) is 0 Å². The number of hydrogen-bond acceptors (Lipinski definition) is 8. The molecule has 186 valence electrons. The first kappa shape index (κ1) is 23.3. The SMILES string of the molecule is COc1cc(F)cc2c1nc(N)n1nc([C@H]3C[C@@H](C)CN(c4cnn([C@H](C)[C@@H](C)O)c4C)C3)nc21. The average molecular weight is 483 g/mol. The van der Waals surface area contributed by atoms with Gasteiger partial charge in [0, 0.05) is 25.1 Å². The number of nitrogens with two attached hydrogens (primary N) is 1. The monoisotopic (exact) mass is 482 g/mol. The maximum absolute atomic E-state index is 14.3. The summed E-state index contributed by atoms with van der Waals surface area (Å²) in [6.07, 6.45) is 2.27. The summed E-state index contributed by atoms with van der Waals surface area (Å²) in [4.78, 5) is 11.5. The van der Waals surface area contributed by atoms with Gasteiger partial charge in [0.2, 0.25) is 5.95 Å². The van der Waals surface area contributed by atoms with E-state index in [0.717, 1.165) is 24.3 Å². The van der Waals surface area contributed by atoms with E-state index < -0.39 is 11.9 Å². The first-order valence-electron chi connectivity index (χ1n) is 11.8. The van der Waals surface area contributed by atoms with E-state index >= 15 is 0 Å². The van der Waals surface area contributed by atoms with Crippen molar-refractivity contribution in [2.24, 2.45) is 5.92 Å². The Morgan fingerprint density at radius 2 is 2.00 bits per heavy atom. The normalized spacial score (nSPS) is 20.5. The molecule has 0 bridgehead atoms. The van der Waals surface area contributed by atoms with E-state index in [4.69, 9.17) is 15.5 Å². The highest BCUT2D eigenvalue weighted by atomic mass is 19.1. The molecule has 0 saturated carbocycles. The van der Waals surface area contributed by atoms with Crippen LogP contribution in [0.15, 0.2) is 18.3 Å². The van der Waals surface area contributed by atoms with Crippen LogP contribution in [0.3, 0.4) is 0 Å². The molecule has 1 aliphatic heterocycles. The van der Waals surface area contributed by atoms with Crippen LogP contribution in [0.25, 0.3) is 16.6 Å². The summed E-state index contributed by atoms with van der Waals surface area (Å²) in [5, 5.41) is 19.8. The third-order valence-electron chi connectivity index (χ3n) is 7.04. The minimum absolute atomic E-state index is 0.0421. The van der Waals surface area contributed by atoms with E-state index in [9.17, 15) is 9.50 Å². The average Bonchev–Trinajstić information content (AvgIpc) is 3.43. The molecule has 4 heterocycles. The highest BCUT2D eigenvalue weighted by Crippen LogP contribution is 2.35. The molecule has 0 amide bonds. The van der Waals surface area contributed by atoms with Crippen LogP contribution in [0.1, 0.15) is 50.7 Å². The highest BCUT2D eigenvalue weighted by molar-refractivity contribution is 5.95. The lowest BCUT2D eigenvalue weighted by Crippen LogP contribution is -2.39. The molecule has 10 nitrogen and oxygen atoms in total. The summed E-state index contributed by atoms with van der Waals surface area (Å²) >= 11 is 0. The van der Waals surface area contributed by atoms with Gasteiger partial charge in [0.15, 0.2) is 11.5 Å². The molecule has 11 heteroatoms. The number of hydrogen-bond donors (Lipinski definition) is 2. The van der Waals surface area contributed by atoms with Crippen molar-refractivity contribution in [3.8, 4) is 5.75 Å². The Bertz CT molecular complexity index is 1400. The Morgan fingerprint density at radius 3 is 2.71 bits per heavy atom. The lowest BCUT2D eigenvalue weighted by molar-refractivity contribution is 0.131. The van der Waals surface area contributed by atoms with Gasteiger partial charge >= 0.3 is 0 Å². The highest BCUT2D eigenvalue weighted by Gasteiger charge is 2.31. The van der Waals surface area contributed by atoms with Crippen LogP contribution in [-0.2, 0) is 0 Å². The zero-order valence-electron chi connectivity index (χ0n) is 20.6. The molecule has 3 aromatic heterocycles. The molecule has 35 heavy (non-hydrogen) atoms. The Labute approximate surface area is 202 Å². The first-order chi connectivity index (χ1) is 16.7. The predicted octanol–water partition coefficient (Wildman–Crippen LogP) is 3.08. The van der Waals surface area contributed by atoms with Crippen LogP contribution in [0.2, 0.25) is 0 Å². The summed E-state index contributed by atoms with van der Waals surface area (Å²) in [7, 11) is 1.47. The Kier molecular flexibility index (Phi) is 5.74. The van der Waals surface area contributed by atoms with E-state index in [2.05, 4.69) is 27.0 Å². The number of aliphatic hydroxyl groups excluding tert-OH is 1. The van der Waals surface area contributed by atoms with Crippen LogP contribution in [-0.4, -0.2) is 60.8 Å². The summed E-state index contributed by atoms with van der Waals surface area (Å²) in [6, 6.07) is 2.54. The predicted molar refractivity (Wildman–Crippen MR) is 131 cm³/mol. The van der Waals surface area contributed by atoms with Crippen molar-refractivity contribution in [1.82, 2.24) is 29.4 Å². The Balaban J connectivity index is 1.53. The smallest absolute Gasteiger partial charge is 0.223 e. The number of fused-ring (bicyclic) bond motifs is 3. The number of nitrogen functional groups attached to an aromatic ring is 1. The fourth-order valence-electron chi connectivity index (χ4n) is 5.09. The van der Waals surface area contributed by atoms with Gasteiger partial charge in [0.1, 0.15) is 17.1 Å². The standard InChI is InChI=1S/C24H31FN8O2/c1-12-6-16(11-31(10-12)19-9-27-32(14(19)3)13(2)15(4)34)22-29-23-18-7-17(25)8-20(35-5)21(18)28-24(26)33(23)30-22/h7-9,12-13,15-16,34H,6,10-11H2,1-5H3,(H2,26,28)/t12-,13-,15-,16+/m1/s1. The van der Waals surface area contributed by atoms with Crippen LogP contribution < -0.4 is 15.4 Å². The van der Waals surface area contributed by atoms with E-state index in [1.54, 1.807) is 6.92 Å². The van der Waals surface area contributed by atoms with Crippen molar-refractivity contribution in [1.29, 1.82) is 0 Å². The third-order valence-corrected chi connectivity index (χ3v) is 7.04. The zero-order chi connectivity index (χ0) is 25.0. The zero-order valence-corrected chi connectivity index (χ0v) is 20.6. The molecule has 0 aliphatic carbocycles. The number of ether oxygens (including phenoxy) is 1. The Hall–Kier alpha value is -3.47. The van der Waals surface area contributed by atoms with Gasteiger partial charge < -0.3 is 20.5 Å². The number of aromatic nitrogens is 6. The number of rotatable bonds is 5. The summed E-state index contributed by atoms with van der Waals surface area (Å²) in [5.41, 5.74) is 9.16. The summed E-state index contributed by atoms with van der Waals surface area (Å²) in [5.74, 6) is 1.11. The third kappa shape index (κ3) is 3.93. The summed E-state index contributed by atoms with van der Waals surface area (Å²) in [6.45, 7) is 9.55. The van der Waals surface area contributed by atoms with Gasteiger partial charge in [-0.2, -0.15) is 9.61 Å². The van der Waals surface area contributed by atoms with E-state index in [1.807, 2.05) is 24.7 Å². The maximum Gasteiger partial charge on any atom is 0.223 e. The number of nitrogens with zero attached hydrogens (tertiary/aromatic N) is 7. The van der Waals surface area contributed by atoms with Crippen LogP contribution in [0, 0.1) is 18.7 Å². The lowest BCUT2D eigenvalue weighted by Gasteiger charge is -2.36. The van der Waals surface area contributed by atoms with E-state index in [0.29, 0.717) is 40.6 Å². The minimum atomic E-state index is -0.506. The number of aliphatic hydroxyl groups is 1. The molecular formula is C24H31FN8O2. The molecule has 1 aliphatic rings. The molecule has 4 aromatic rings. The van der Waals surface area contributed by atoms with Gasteiger partial charge in [0.05, 0.1) is 42.2 Å².